The van der Waals surface area contributed by atoms with Gasteiger partial charge in [-0.05, 0) is 38.5 Å². The first kappa shape index (κ1) is 23.6. The second kappa shape index (κ2) is 19.0. The van der Waals surface area contributed by atoms with Crippen LogP contribution in [0.2, 0.25) is 0 Å². The molecule has 0 amide bonds. The van der Waals surface area contributed by atoms with Crippen LogP contribution in [0.1, 0.15) is 117 Å². The van der Waals surface area contributed by atoms with Crippen LogP contribution in [0.5, 0.6) is 0 Å². The monoisotopic (exact) mass is 341 g/mol. The summed E-state index contributed by atoms with van der Waals surface area (Å²) in [6.07, 6.45) is 24.4. The van der Waals surface area contributed by atoms with Crippen molar-refractivity contribution in [2.24, 2.45) is 0 Å². The van der Waals surface area contributed by atoms with Crippen molar-refractivity contribution in [3.8, 4) is 0 Å². The van der Waals surface area contributed by atoms with Gasteiger partial charge in [0.25, 0.3) is 0 Å². The number of rotatable bonds is 18. The standard InChI is InChI=1S/C21H43NO2/c1-3-5-6-7-8-9-10-11-12-13-14-15-16-17-18-20-21(19-4-2)22(23)24/h11-12,21,23-24H,3-10,13-20H2,1-2H3. The average Bonchev–Trinajstić information content (AvgIpc) is 2.57. The zero-order valence-electron chi connectivity index (χ0n) is 16.4. The van der Waals surface area contributed by atoms with Gasteiger partial charge >= 0.3 is 0 Å². The Bertz CT molecular complexity index is 267. The predicted molar refractivity (Wildman–Crippen MR) is 104 cm³/mol. The fraction of sp³-hybridized carbons (Fsp3) is 0.905. The fourth-order valence-corrected chi connectivity index (χ4v) is 3.16. The summed E-state index contributed by atoms with van der Waals surface area (Å²) in [4.78, 5) is 0. The molecule has 0 radical (unpaired) electrons. The van der Waals surface area contributed by atoms with Gasteiger partial charge in [-0.3, -0.25) is 10.4 Å². The van der Waals surface area contributed by atoms with Gasteiger partial charge < -0.3 is 0 Å². The van der Waals surface area contributed by atoms with Crippen LogP contribution in [0, 0.1) is 0 Å². The van der Waals surface area contributed by atoms with E-state index in [4.69, 9.17) is 10.4 Å². The van der Waals surface area contributed by atoms with Gasteiger partial charge in [0.05, 0.1) is 6.04 Å². The first-order valence-electron chi connectivity index (χ1n) is 10.5. The molecule has 0 aliphatic rings. The Morgan fingerprint density at radius 3 is 1.62 bits per heavy atom. The molecule has 0 bridgehead atoms. The van der Waals surface area contributed by atoms with Gasteiger partial charge in [0.15, 0.2) is 0 Å². The first-order valence-corrected chi connectivity index (χ1v) is 10.5. The second-order valence-corrected chi connectivity index (χ2v) is 7.14. The normalized spacial score (nSPS) is 13.2. The van der Waals surface area contributed by atoms with Crippen LogP contribution in [0.25, 0.3) is 0 Å². The van der Waals surface area contributed by atoms with E-state index in [0.29, 0.717) is 5.23 Å². The molecule has 3 nitrogen and oxygen atoms in total. The van der Waals surface area contributed by atoms with E-state index in [-0.39, 0.29) is 6.04 Å². The molecular weight excluding hydrogens is 298 g/mol. The summed E-state index contributed by atoms with van der Waals surface area (Å²) in [7, 11) is 0. The molecule has 144 valence electrons. The Hall–Kier alpha value is -0.380. The van der Waals surface area contributed by atoms with Gasteiger partial charge in [0.1, 0.15) is 0 Å². The molecule has 0 saturated carbocycles. The number of hydrogen-bond donors (Lipinski definition) is 2. The largest absolute Gasteiger partial charge is 0.289 e. The van der Waals surface area contributed by atoms with Gasteiger partial charge in [0.2, 0.25) is 0 Å². The topological polar surface area (TPSA) is 43.7 Å². The number of hydrogen-bond acceptors (Lipinski definition) is 3. The van der Waals surface area contributed by atoms with Crippen molar-refractivity contribution in [2.45, 2.75) is 123 Å². The van der Waals surface area contributed by atoms with Crippen molar-refractivity contribution in [3.05, 3.63) is 12.2 Å². The predicted octanol–water partition coefficient (Wildman–Crippen LogP) is 7.27. The van der Waals surface area contributed by atoms with E-state index in [1.54, 1.807) is 0 Å². The van der Waals surface area contributed by atoms with Crippen LogP contribution in [0.3, 0.4) is 0 Å². The summed E-state index contributed by atoms with van der Waals surface area (Å²) < 4.78 is 0. The molecule has 2 N–H and O–H groups in total. The molecule has 3 heteroatoms. The van der Waals surface area contributed by atoms with E-state index in [0.717, 1.165) is 25.7 Å². The van der Waals surface area contributed by atoms with Crippen molar-refractivity contribution in [3.63, 3.8) is 0 Å². The lowest BCUT2D eigenvalue weighted by molar-refractivity contribution is -0.333. The number of nitrogens with zero attached hydrogens (tertiary/aromatic N) is 1. The maximum Gasteiger partial charge on any atom is 0.0623 e. The van der Waals surface area contributed by atoms with Crippen molar-refractivity contribution >= 4 is 0 Å². The summed E-state index contributed by atoms with van der Waals surface area (Å²) >= 11 is 0. The van der Waals surface area contributed by atoms with Crippen molar-refractivity contribution in [2.75, 3.05) is 0 Å². The zero-order valence-corrected chi connectivity index (χ0v) is 16.4. The lowest BCUT2D eigenvalue weighted by Crippen LogP contribution is -2.28. The van der Waals surface area contributed by atoms with E-state index in [9.17, 15) is 0 Å². The fourth-order valence-electron chi connectivity index (χ4n) is 3.16. The lowest BCUT2D eigenvalue weighted by Gasteiger charge is -2.19. The van der Waals surface area contributed by atoms with E-state index in [2.05, 4.69) is 26.0 Å². The molecule has 0 aromatic rings. The molecule has 0 aliphatic heterocycles. The molecule has 0 saturated heterocycles. The number of unbranched alkanes of at least 4 members (excludes halogenated alkanes) is 11. The van der Waals surface area contributed by atoms with Crippen molar-refractivity contribution in [1.29, 1.82) is 0 Å². The van der Waals surface area contributed by atoms with Gasteiger partial charge in [0, 0.05) is 0 Å². The Morgan fingerprint density at radius 1 is 0.625 bits per heavy atom. The molecule has 24 heavy (non-hydrogen) atoms. The smallest absolute Gasteiger partial charge is 0.0623 e. The highest BCUT2D eigenvalue weighted by Crippen LogP contribution is 2.14. The van der Waals surface area contributed by atoms with Crippen molar-refractivity contribution < 1.29 is 10.4 Å². The number of allylic oxidation sites excluding steroid dienone is 2. The molecular formula is C21H43NO2. The second-order valence-electron chi connectivity index (χ2n) is 7.14. The minimum Gasteiger partial charge on any atom is -0.289 e. The van der Waals surface area contributed by atoms with Gasteiger partial charge in [-0.25, -0.2) is 0 Å². The van der Waals surface area contributed by atoms with E-state index in [1.165, 1.54) is 77.0 Å². The summed E-state index contributed by atoms with van der Waals surface area (Å²) in [6, 6.07) is -0.0834. The van der Waals surface area contributed by atoms with E-state index < -0.39 is 0 Å². The van der Waals surface area contributed by atoms with E-state index >= 15 is 0 Å². The minimum absolute atomic E-state index is 0.0834. The van der Waals surface area contributed by atoms with Gasteiger partial charge in [-0.2, -0.15) is 0 Å². The maximum atomic E-state index is 9.14. The van der Waals surface area contributed by atoms with Crippen LogP contribution in [-0.2, 0) is 0 Å². The van der Waals surface area contributed by atoms with Crippen LogP contribution in [0.15, 0.2) is 12.2 Å². The Kier molecular flexibility index (Phi) is 18.7. The highest BCUT2D eigenvalue weighted by Gasteiger charge is 2.12. The Morgan fingerprint density at radius 2 is 1.12 bits per heavy atom. The van der Waals surface area contributed by atoms with Gasteiger partial charge in [-0.1, -0.05) is 95.4 Å². The minimum atomic E-state index is -0.0834. The quantitative estimate of drug-likeness (QED) is 0.156. The van der Waals surface area contributed by atoms with Crippen LogP contribution in [0.4, 0.5) is 0 Å². The summed E-state index contributed by atoms with van der Waals surface area (Å²) in [6.45, 7) is 4.35. The third-order valence-electron chi connectivity index (χ3n) is 4.75. The van der Waals surface area contributed by atoms with Crippen LogP contribution in [-0.4, -0.2) is 21.7 Å². The highest BCUT2D eigenvalue weighted by molar-refractivity contribution is 4.81. The van der Waals surface area contributed by atoms with Crippen LogP contribution < -0.4 is 0 Å². The lowest BCUT2D eigenvalue weighted by atomic mass is 10.0. The van der Waals surface area contributed by atoms with Crippen LogP contribution >= 0.6 is 0 Å². The molecule has 0 aromatic carbocycles. The average molecular weight is 342 g/mol. The summed E-state index contributed by atoms with van der Waals surface area (Å²) in [5.41, 5.74) is 0. The molecule has 0 rings (SSSR count). The van der Waals surface area contributed by atoms with Gasteiger partial charge in [-0.15, -0.1) is 0 Å². The molecule has 0 spiro atoms. The summed E-state index contributed by atoms with van der Waals surface area (Å²) in [5.74, 6) is 0. The third-order valence-corrected chi connectivity index (χ3v) is 4.75. The molecule has 0 heterocycles. The highest BCUT2D eigenvalue weighted by atomic mass is 16.8. The maximum absolute atomic E-state index is 9.14. The number of hydroxylamine groups is 2. The Labute approximate surface area is 151 Å². The molecule has 0 fully saturated rings. The SMILES string of the molecule is CCCCCCCCC=CCCCCCCCC(CCC)N(O)O. The zero-order chi connectivity index (χ0) is 17.9. The Balaban J connectivity index is 3.28. The molecule has 0 aliphatic carbocycles. The first-order chi connectivity index (χ1) is 11.7. The summed E-state index contributed by atoms with van der Waals surface area (Å²) in [5, 5.41) is 18.7. The van der Waals surface area contributed by atoms with E-state index in [1.807, 2.05) is 0 Å². The molecule has 1 atom stereocenters. The molecule has 1 unspecified atom stereocenters. The third kappa shape index (κ3) is 16.5. The van der Waals surface area contributed by atoms with Crippen molar-refractivity contribution in [1.82, 2.24) is 5.23 Å². The molecule has 0 aromatic heterocycles.